The largest absolute Gasteiger partial charge is 0.384 e. The molecule has 76 valence electrons. The highest BCUT2D eigenvalue weighted by Gasteiger charge is 2.40. The highest BCUT2D eigenvalue weighted by atomic mass is 32.2. The van der Waals surface area contributed by atoms with Crippen LogP contribution in [-0.4, -0.2) is 16.1 Å². The van der Waals surface area contributed by atoms with Crippen molar-refractivity contribution in [1.29, 1.82) is 0 Å². The van der Waals surface area contributed by atoms with E-state index in [2.05, 4.69) is 0 Å². The first-order chi connectivity index (χ1) is 6.63. The summed E-state index contributed by atoms with van der Waals surface area (Å²) in [5.41, 5.74) is 0.0645. The number of rotatable bonds is 1. The van der Waals surface area contributed by atoms with Crippen molar-refractivity contribution in [3.8, 4) is 0 Å². The molecule has 1 heterocycles. The quantitative estimate of drug-likeness (QED) is 0.772. The molecule has 1 aliphatic rings. The molecule has 3 heteroatoms. The molecule has 2 atom stereocenters. The van der Waals surface area contributed by atoms with E-state index < -0.39 is 5.60 Å². The molecule has 1 aromatic rings. The normalized spacial score (nSPS) is 32.1. The molecule has 0 spiro atoms. The molecular weight excluding hydrogens is 199 g/mol. The fraction of sp³-hybridized carbons (Fsp3) is 0.455. The van der Waals surface area contributed by atoms with Gasteiger partial charge in [0.15, 0.2) is 0 Å². The Bertz CT molecular complexity index is 325. The van der Waals surface area contributed by atoms with Crippen molar-refractivity contribution in [2.45, 2.75) is 24.2 Å². The smallest absolute Gasteiger partial charge is 0.123 e. The van der Waals surface area contributed by atoms with Gasteiger partial charge in [0.05, 0.1) is 0 Å². The molecular formula is C11H13FOS. The fourth-order valence-electron chi connectivity index (χ4n) is 1.85. The summed E-state index contributed by atoms with van der Waals surface area (Å²) < 4.78 is 12.7. The molecule has 2 rings (SSSR count). The maximum absolute atomic E-state index is 12.7. The van der Waals surface area contributed by atoms with Crippen LogP contribution in [0.5, 0.6) is 0 Å². The highest BCUT2D eigenvalue weighted by Crippen LogP contribution is 2.42. The minimum Gasteiger partial charge on any atom is -0.384 e. The molecule has 1 N–H and O–H groups in total. The second kappa shape index (κ2) is 3.55. The van der Waals surface area contributed by atoms with Gasteiger partial charge in [0.1, 0.15) is 11.4 Å². The lowest BCUT2D eigenvalue weighted by Crippen LogP contribution is -2.31. The predicted octanol–water partition coefficient (Wildman–Crippen LogP) is 2.54. The Kier molecular flexibility index (Phi) is 2.54. The molecule has 0 aliphatic carbocycles. The van der Waals surface area contributed by atoms with E-state index in [0.29, 0.717) is 0 Å². The van der Waals surface area contributed by atoms with E-state index in [9.17, 15) is 9.50 Å². The van der Waals surface area contributed by atoms with Crippen LogP contribution in [0.25, 0.3) is 0 Å². The second-order valence-corrected chi connectivity index (χ2v) is 5.14. The molecule has 0 aromatic heterocycles. The Morgan fingerprint density at radius 2 is 2.07 bits per heavy atom. The van der Waals surface area contributed by atoms with Gasteiger partial charge >= 0.3 is 0 Å². The first kappa shape index (κ1) is 9.99. The van der Waals surface area contributed by atoms with Gasteiger partial charge in [-0.25, -0.2) is 4.39 Å². The first-order valence-corrected chi connectivity index (χ1v) is 5.78. The maximum Gasteiger partial charge on any atom is 0.123 e. The van der Waals surface area contributed by atoms with Crippen molar-refractivity contribution in [2.24, 2.45) is 0 Å². The first-order valence-electron chi connectivity index (χ1n) is 4.73. The lowest BCUT2D eigenvalue weighted by molar-refractivity contribution is 0.0426. The molecule has 14 heavy (non-hydrogen) atoms. The van der Waals surface area contributed by atoms with Crippen molar-refractivity contribution in [3.63, 3.8) is 0 Å². The van der Waals surface area contributed by atoms with E-state index in [1.165, 1.54) is 12.1 Å². The minimum atomic E-state index is -0.766. The summed E-state index contributed by atoms with van der Waals surface area (Å²) in [5.74, 6) is 0.713. The molecule has 1 aliphatic heterocycles. The molecule has 0 bridgehead atoms. The highest BCUT2D eigenvalue weighted by molar-refractivity contribution is 8.00. The topological polar surface area (TPSA) is 20.2 Å². The van der Waals surface area contributed by atoms with Gasteiger partial charge in [-0.2, -0.15) is 11.8 Å². The van der Waals surface area contributed by atoms with E-state index >= 15 is 0 Å². The third-order valence-electron chi connectivity index (χ3n) is 2.87. The van der Waals surface area contributed by atoms with Gasteiger partial charge in [0.25, 0.3) is 0 Å². The second-order valence-electron chi connectivity index (χ2n) is 3.69. The number of hydrogen-bond donors (Lipinski definition) is 1. The van der Waals surface area contributed by atoms with E-state index in [-0.39, 0.29) is 11.1 Å². The van der Waals surface area contributed by atoms with Crippen LogP contribution in [0.15, 0.2) is 24.3 Å². The summed E-state index contributed by atoms with van der Waals surface area (Å²) in [7, 11) is 0. The molecule has 0 amide bonds. The van der Waals surface area contributed by atoms with Gasteiger partial charge in [-0.15, -0.1) is 0 Å². The summed E-state index contributed by atoms with van der Waals surface area (Å²) in [6.07, 6.45) is 0.754. The van der Waals surface area contributed by atoms with Crippen LogP contribution in [0.2, 0.25) is 0 Å². The molecule has 0 unspecified atom stereocenters. The number of benzene rings is 1. The Balaban J connectivity index is 2.34. The van der Waals surface area contributed by atoms with Gasteiger partial charge in [-0.1, -0.05) is 19.1 Å². The molecule has 1 aromatic carbocycles. The molecule has 0 saturated carbocycles. The zero-order valence-corrected chi connectivity index (χ0v) is 8.85. The van der Waals surface area contributed by atoms with Crippen LogP contribution in [0.4, 0.5) is 4.39 Å². The van der Waals surface area contributed by atoms with Crippen LogP contribution in [0.1, 0.15) is 18.9 Å². The zero-order chi connectivity index (χ0) is 10.2. The number of hydrogen-bond acceptors (Lipinski definition) is 2. The van der Waals surface area contributed by atoms with Crippen molar-refractivity contribution in [2.75, 3.05) is 5.75 Å². The van der Waals surface area contributed by atoms with Gasteiger partial charge in [0, 0.05) is 5.25 Å². The van der Waals surface area contributed by atoms with Gasteiger partial charge in [-0.05, 0) is 29.9 Å². The Hall–Kier alpha value is -0.540. The Morgan fingerprint density at radius 3 is 2.57 bits per heavy atom. The average molecular weight is 212 g/mol. The maximum atomic E-state index is 12.7. The Morgan fingerprint density at radius 1 is 1.43 bits per heavy atom. The van der Waals surface area contributed by atoms with Crippen LogP contribution < -0.4 is 0 Å². The predicted molar refractivity (Wildman–Crippen MR) is 56.8 cm³/mol. The molecule has 1 nitrogen and oxygen atoms in total. The van der Waals surface area contributed by atoms with E-state index in [1.54, 1.807) is 23.9 Å². The van der Waals surface area contributed by atoms with Crippen molar-refractivity contribution in [3.05, 3.63) is 35.6 Å². The van der Waals surface area contributed by atoms with Gasteiger partial charge < -0.3 is 5.11 Å². The summed E-state index contributed by atoms with van der Waals surface area (Å²) in [5, 5.41) is 10.6. The van der Waals surface area contributed by atoms with Crippen LogP contribution in [-0.2, 0) is 5.60 Å². The number of halogens is 1. The zero-order valence-electron chi connectivity index (χ0n) is 8.03. The summed E-state index contributed by atoms with van der Waals surface area (Å²) in [6.45, 7) is 2.01. The Labute approximate surface area is 87.3 Å². The van der Waals surface area contributed by atoms with Gasteiger partial charge in [0.2, 0.25) is 0 Å². The number of thioether (sulfide) groups is 1. The summed E-state index contributed by atoms with van der Waals surface area (Å²) in [6, 6.07) is 6.17. The summed E-state index contributed by atoms with van der Waals surface area (Å²) >= 11 is 1.76. The third kappa shape index (κ3) is 1.55. The third-order valence-corrected chi connectivity index (χ3v) is 4.20. The molecule has 1 saturated heterocycles. The summed E-state index contributed by atoms with van der Waals surface area (Å²) in [4.78, 5) is 0. The van der Waals surface area contributed by atoms with Gasteiger partial charge in [-0.3, -0.25) is 0 Å². The monoisotopic (exact) mass is 212 g/mol. The van der Waals surface area contributed by atoms with E-state index in [0.717, 1.165) is 17.7 Å². The number of aliphatic hydroxyl groups is 1. The van der Waals surface area contributed by atoms with Crippen molar-refractivity contribution in [1.82, 2.24) is 0 Å². The molecule has 0 radical (unpaired) electrons. The van der Waals surface area contributed by atoms with Crippen molar-refractivity contribution < 1.29 is 9.50 Å². The van der Waals surface area contributed by atoms with Crippen molar-refractivity contribution >= 4 is 11.8 Å². The van der Waals surface area contributed by atoms with E-state index in [1.807, 2.05) is 6.92 Å². The SMILES string of the molecule is C[C@H]1SCC[C@]1(O)c1ccc(F)cc1. The minimum absolute atomic E-state index is 0.188. The van der Waals surface area contributed by atoms with Crippen LogP contribution in [0.3, 0.4) is 0 Å². The lowest BCUT2D eigenvalue weighted by Gasteiger charge is -2.27. The fourth-order valence-corrected chi connectivity index (χ4v) is 3.16. The van der Waals surface area contributed by atoms with Crippen LogP contribution in [0, 0.1) is 5.82 Å². The van der Waals surface area contributed by atoms with E-state index in [4.69, 9.17) is 0 Å². The van der Waals surface area contributed by atoms with Crippen LogP contribution >= 0.6 is 11.8 Å². The molecule has 1 fully saturated rings. The lowest BCUT2D eigenvalue weighted by atomic mass is 9.89. The standard InChI is InChI=1S/C11H13FOS/c1-8-11(13,6-7-14-8)9-2-4-10(12)5-3-9/h2-5,8,13H,6-7H2,1H3/t8-,11-/m1/s1. The average Bonchev–Trinajstić information content (AvgIpc) is 2.49.